The summed E-state index contributed by atoms with van der Waals surface area (Å²) in [5.74, 6) is -0.809. The maximum atomic E-state index is 11.2. The van der Waals surface area contributed by atoms with Crippen LogP contribution in [0, 0.1) is 0 Å². The molecule has 0 atom stereocenters. The molecule has 1 aromatic heterocycles. The average Bonchev–Trinajstić information content (AvgIpc) is 2.07. The van der Waals surface area contributed by atoms with Gasteiger partial charge in [0.2, 0.25) is 0 Å². The molecule has 0 bridgehead atoms. The minimum Gasteiger partial charge on any atom is -0.397 e. The van der Waals surface area contributed by atoms with Crippen molar-refractivity contribution in [3.63, 3.8) is 0 Å². The highest BCUT2D eigenvalue weighted by Crippen LogP contribution is 2.21. The molecular formula is C8H5BrN2O3. The van der Waals surface area contributed by atoms with Gasteiger partial charge in [-0.25, -0.2) is 9.59 Å². The molecule has 0 saturated heterocycles. The molecule has 5 nitrogen and oxygen atoms in total. The number of aromatic nitrogens is 1. The highest BCUT2D eigenvalue weighted by Gasteiger charge is 2.06. The van der Waals surface area contributed by atoms with Gasteiger partial charge in [-0.05, 0) is 12.1 Å². The Kier molecular flexibility index (Phi) is 1.92. The van der Waals surface area contributed by atoms with Gasteiger partial charge in [0.05, 0.1) is 16.6 Å². The summed E-state index contributed by atoms with van der Waals surface area (Å²) in [5, 5.41) is 0.247. The van der Waals surface area contributed by atoms with Crippen molar-refractivity contribution in [2.75, 3.05) is 5.73 Å². The first-order valence-corrected chi connectivity index (χ1v) is 4.49. The molecule has 2 rings (SSSR count). The number of fused-ring (bicyclic) bond motifs is 1. The van der Waals surface area contributed by atoms with E-state index in [0.717, 1.165) is 0 Å². The van der Waals surface area contributed by atoms with Crippen LogP contribution in [0.1, 0.15) is 0 Å². The topological polar surface area (TPSA) is 89.1 Å². The molecule has 0 saturated carbocycles. The monoisotopic (exact) mass is 256 g/mol. The predicted octanol–water partition coefficient (Wildman–Crippen LogP) is 0.826. The van der Waals surface area contributed by atoms with Crippen LogP contribution in [0.15, 0.2) is 30.6 Å². The van der Waals surface area contributed by atoms with Gasteiger partial charge >= 0.3 is 11.4 Å². The number of rotatable bonds is 0. The van der Waals surface area contributed by atoms with Crippen molar-refractivity contribution in [3.8, 4) is 0 Å². The molecule has 14 heavy (non-hydrogen) atoms. The maximum Gasteiger partial charge on any atom is 0.419 e. The summed E-state index contributed by atoms with van der Waals surface area (Å²) in [5.41, 5.74) is 5.54. The van der Waals surface area contributed by atoms with E-state index in [1.807, 2.05) is 0 Å². The highest BCUT2D eigenvalue weighted by molar-refractivity contribution is 9.10. The van der Waals surface area contributed by atoms with Gasteiger partial charge in [0.15, 0.2) is 0 Å². The van der Waals surface area contributed by atoms with Crippen molar-refractivity contribution in [2.45, 2.75) is 0 Å². The number of hydrogen-bond acceptors (Lipinski definition) is 4. The van der Waals surface area contributed by atoms with Gasteiger partial charge in [0.25, 0.3) is 0 Å². The first kappa shape index (κ1) is 9.01. The predicted molar refractivity (Wildman–Crippen MR) is 55.2 cm³/mol. The number of nitrogens with one attached hydrogen (secondary N) is 1. The fraction of sp³-hybridized carbons (Fsp3) is 0. The van der Waals surface area contributed by atoms with E-state index in [9.17, 15) is 9.59 Å². The van der Waals surface area contributed by atoms with Gasteiger partial charge in [-0.15, -0.1) is 0 Å². The van der Waals surface area contributed by atoms with E-state index >= 15 is 0 Å². The van der Waals surface area contributed by atoms with E-state index in [1.165, 1.54) is 6.07 Å². The molecule has 6 heteroatoms. The largest absolute Gasteiger partial charge is 0.419 e. The Morgan fingerprint density at radius 1 is 1.36 bits per heavy atom. The lowest BCUT2D eigenvalue weighted by molar-refractivity contribution is 0.460. The third-order valence-corrected chi connectivity index (χ3v) is 2.22. The Morgan fingerprint density at radius 3 is 2.79 bits per heavy atom. The number of H-pyrrole nitrogens is 1. The lowest BCUT2D eigenvalue weighted by atomic mass is 10.2. The Morgan fingerprint density at radius 2 is 2.07 bits per heavy atom. The second-order valence-corrected chi connectivity index (χ2v) is 3.64. The van der Waals surface area contributed by atoms with Crippen molar-refractivity contribution < 1.29 is 4.42 Å². The number of nitrogens with two attached hydrogens (primary N) is 1. The highest BCUT2D eigenvalue weighted by atomic mass is 79.9. The van der Waals surface area contributed by atoms with E-state index in [0.29, 0.717) is 15.7 Å². The number of hydrogen-bond donors (Lipinski definition) is 2. The third kappa shape index (κ3) is 1.33. The number of nitrogen functional groups attached to an aromatic ring is 1. The Hall–Kier alpha value is -1.56. The zero-order valence-electron chi connectivity index (χ0n) is 6.83. The molecule has 0 aliphatic heterocycles. The SMILES string of the molecule is Nc1cc(Br)cc2c(=O)oc(=O)[nH]c12. The van der Waals surface area contributed by atoms with Gasteiger partial charge in [0, 0.05) is 4.47 Å². The summed E-state index contributed by atoms with van der Waals surface area (Å²) in [7, 11) is 0. The molecule has 0 unspecified atom stereocenters. The van der Waals surface area contributed by atoms with Crippen LogP contribution >= 0.6 is 15.9 Å². The van der Waals surface area contributed by atoms with E-state index in [1.54, 1.807) is 6.07 Å². The van der Waals surface area contributed by atoms with Crippen LogP contribution in [-0.4, -0.2) is 4.98 Å². The minimum atomic E-state index is -0.809. The van der Waals surface area contributed by atoms with Crippen LogP contribution in [-0.2, 0) is 0 Å². The van der Waals surface area contributed by atoms with Crippen LogP contribution in [0.2, 0.25) is 0 Å². The van der Waals surface area contributed by atoms with E-state index in [2.05, 4.69) is 25.3 Å². The van der Waals surface area contributed by atoms with Gasteiger partial charge in [-0.1, -0.05) is 15.9 Å². The van der Waals surface area contributed by atoms with Crippen molar-refractivity contribution in [3.05, 3.63) is 37.6 Å². The van der Waals surface area contributed by atoms with Crippen LogP contribution in [0.4, 0.5) is 5.69 Å². The normalized spacial score (nSPS) is 10.6. The fourth-order valence-corrected chi connectivity index (χ4v) is 1.67. The first-order valence-electron chi connectivity index (χ1n) is 3.70. The third-order valence-electron chi connectivity index (χ3n) is 1.77. The summed E-state index contributed by atoms with van der Waals surface area (Å²) in [4.78, 5) is 24.5. The van der Waals surface area contributed by atoms with Crippen LogP contribution < -0.4 is 17.1 Å². The van der Waals surface area contributed by atoms with E-state index in [-0.39, 0.29) is 5.39 Å². The Labute approximate surface area is 85.7 Å². The summed E-state index contributed by atoms with van der Waals surface area (Å²) in [6.07, 6.45) is 0. The summed E-state index contributed by atoms with van der Waals surface area (Å²) < 4.78 is 5.01. The van der Waals surface area contributed by atoms with Crippen molar-refractivity contribution >= 4 is 32.5 Å². The van der Waals surface area contributed by atoms with Crippen molar-refractivity contribution in [1.82, 2.24) is 4.98 Å². The molecule has 2 aromatic rings. The fourth-order valence-electron chi connectivity index (χ4n) is 1.20. The van der Waals surface area contributed by atoms with Gasteiger partial charge in [-0.2, -0.15) is 0 Å². The summed E-state index contributed by atoms with van der Waals surface area (Å²) in [6, 6.07) is 3.13. The molecule has 0 aliphatic rings. The van der Waals surface area contributed by atoms with Crippen LogP contribution in [0.3, 0.4) is 0 Å². The quantitative estimate of drug-likeness (QED) is 0.684. The van der Waals surface area contributed by atoms with Crippen LogP contribution in [0.25, 0.3) is 10.9 Å². The Bertz CT molecular complexity index is 614. The minimum absolute atomic E-state index is 0.247. The van der Waals surface area contributed by atoms with Crippen LogP contribution in [0.5, 0.6) is 0 Å². The molecule has 72 valence electrons. The van der Waals surface area contributed by atoms with E-state index < -0.39 is 11.4 Å². The number of anilines is 1. The second-order valence-electron chi connectivity index (χ2n) is 2.72. The lowest BCUT2D eigenvalue weighted by Gasteiger charge is -2.00. The smallest absolute Gasteiger partial charge is 0.397 e. The van der Waals surface area contributed by atoms with Crippen molar-refractivity contribution in [2.24, 2.45) is 0 Å². The molecule has 3 N–H and O–H groups in total. The molecule has 1 heterocycles. The molecule has 0 aliphatic carbocycles. The number of aromatic amines is 1. The van der Waals surface area contributed by atoms with Gasteiger partial charge < -0.3 is 10.2 Å². The standard InChI is InChI=1S/C8H5BrN2O3/c9-3-1-4-6(5(10)2-3)11-8(13)14-7(4)12/h1-2H,10H2,(H,11,13). The first-order chi connectivity index (χ1) is 6.58. The summed E-state index contributed by atoms with van der Waals surface area (Å²) in [6.45, 7) is 0. The number of benzene rings is 1. The Balaban J connectivity index is 3.10. The molecule has 1 aromatic carbocycles. The molecule has 0 spiro atoms. The van der Waals surface area contributed by atoms with Gasteiger partial charge in [0.1, 0.15) is 0 Å². The van der Waals surface area contributed by atoms with Crippen molar-refractivity contribution in [1.29, 1.82) is 0 Å². The zero-order chi connectivity index (χ0) is 10.3. The zero-order valence-corrected chi connectivity index (χ0v) is 8.42. The average molecular weight is 257 g/mol. The number of halogens is 1. The molecule has 0 fully saturated rings. The maximum absolute atomic E-state index is 11.2. The van der Waals surface area contributed by atoms with Gasteiger partial charge in [-0.3, -0.25) is 4.98 Å². The van der Waals surface area contributed by atoms with E-state index in [4.69, 9.17) is 5.73 Å². The summed E-state index contributed by atoms with van der Waals surface area (Å²) >= 11 is 3.18. The lowest BCUT2D eigenvalue weighted by Crippen LogP contribution is -2.15. The molecule has 0 radical (unpaired) electrons. The molecule has 0 amide bonds. The second kappa shape index (κ2) is 2.98. The molecular weight excluding hydrogens is 252 g/mol.